The van der Waals surface area contributed by atoms with Crippen LogP contribution in [0.5, 0.6) is 5.75 Å². The molecule has 0 radical (unpaired) electrons. The standard InChI is InChI=1S/C19H24O/c1-5-15-8-12-18(13-9-15)20-14-16-6-10-17(11-7-16)19(2,3)4/h6-13H,5,14H2,1-4H3. The highest BCUT2D eigenvalue weighted by molar-refractivity contribution is 5.29. The van der Waals surface area contributed by atoms with Gasteiger partial charge in [-0.2, -0.15) is 0 Å². The van der Waals surface area contributed by atoms with Gasteiger partial charge in [-0.15, -0.1) is 0 Å². The molecule has 1 nitrogen and oxygen atoms in total. The third-order valence-electron chi connectivity index (χ3n) is 3.56. The normalized spacial score (nSPS) is 11.4. The highest BCUT2D eigenvalue weighted by Crippen LogP contribution is 2.22. The lowest BCUT2D eigenvalue weighted by Crippen LogP contribution is -2.10. The van der Waals surface area contributed by atoms with Gasteiger partial charge in [0.15, 0.2) is 0 Å². The van der Waals surface area contributed by atoms with Gasteiger partial charge in [0.25, 0.3) is 0 Å². The second-order valence-electron chi connectivity index (χ2n) is 6.23. The minimum Gasteiger partial charge on any atom is -0.489 e. The Morgan fingerprint density at radius 1 is 0.800 bits per heavy atom. The van der Waals surface area contributed by atoms with Crippen LogP contribution in [0.4, 0.5) is 0 Å². The van der Waals surface area contributed by atoms with Crippen LogP contribution in [0.2, 0.25) is 0 Å². The first kappa shape index (κ1) is 14.6. The Bertz CT molecular complexity index is 529. The molecule has 0 spiro atoms. The SMILES string of the molecule is CCc1ccc(OCc2ccc(C(C)(C)C)cc2)cc1. The largest absolute Gasteiger partial charge is 0.489 e. The first-order valence-corrected chi connectivity index (χ1v) is 7.30. The van der Waals surface area contributed by atoms with Gasteiger partial charge < -0.3 is 4.74 Å². The molecule has 0 aromatic heterocycles. The fourth-order valence-electron chi connectivity index (χ4n) is 2.09. The van der Waals surface area contributed by atoms with Gasteiger partial charge in [0, 0.05) is 0 Å². The van der Waals surface area contributed by atoms with Crippen molar-refractivity contribution in [1.29, 1.82) is 0 Å². The van der Waals surface area contributed by atoms with Gasteiger partial charge in [0.2, 0.25) is 0 Å². The molecule has 0 unspecified atom stereocenters. The highest BCUT2D eigenvalue weighted by atomic mass is 16.5. The Hall–Kier alpha value is -1.76. The second-order valence-corrected chi connectivity index (χ2v) is 6.23. The summed E-state index contributed by atoms with van der Waals surface area (Å²) in [5.41, 5.74) is 4.10. The molecule has 1 heteroatoms. The van der Waals surface area contributed by atoms with Gasteiger partial charge in [-0.25, -0.2) is 0 Å². The third-order valence-corrected chi connectivity index (χ3v) is 3.56. The van der Waals surface area contributed by atoms with Gasteiger partial charge in [0.1, 0.15) is 12.4 Å². The summed E-state index contributed by atoms with van der Waals surface area (Å²) >= 11 is 0. The Kier molecular flexibility index (Phi) is 4.49. The van der Waals surface area contributed by atoms with E-state index < -0.39 is 0 Å². The van der Waals surface area contributed by atoms with Crippen LogP contribution in [-0.2, 0) is 18.4 Å². The maximum absolute atomic E-state index is 5.82. The Morgan fingerprint density at radius 2 is 1.35 bits per heavy atom. The van der Waals surface area contributed by atoms with Crippen molar-refractivity contribution in [1.82, 2.24) is 0 Å². The lowest BCUT2D eigenvalue weighted by atomic mass is 9.87. The van der Waals surface area contributed by atoms with Crippen molar-refractivity contribution < 1.29 is 4.74 Å². The van der Waals surface area contributed by atoms with Crippen molar-refractivity contribution in [3.8, 4) is 5.75 Å². The van der Waals surface area contributed by atoms with Gasteiger partial charge in [-0.05, 0) is 40.7 Å². The topological polar surface area (TPSA) is 9.23 Å². The molecule has 0 fully saturated rings. The molecule has 0 heterocycles. The van der Waals surface area contributed by atoms with E-state index in [1.54, 1.807) is 0 Å². The molecular weight excluding hydrogens is 244 g/mol. The maximum atomic E-state index is 5.82. The van der Waals surface area contributed by atoms with Crippen LogP contribution in [0.3, 0.4) is 0 Å². The van der Waals surface area contributed by atoms with Gasteiger partial charge >= 0.3 is 0 Å². The van der Waals surface area contributed by atoms with Crippen molar-refractivity contribution in [3.05, 3.63) is 65.2 Å². The molecule has 0 amide bonds. The van der Waals surface area contributed by atoms with Gasteiger partial charge in [-0.3, -0.25) is 0 Å². The summed E-state index contributed by atoms with van der Waals surface area (Å²) in [6, 6.07) is 17.0. The van der Waals surface area contributed by atoms with E-state index in [0.717, 1.165) is 12.2 Å². The molecule has 0 aliphatic carbocycles. The van der Waals surface area contributed by atoms with E-state index in [0.29, 0.717) is 6.61 Å². The number of hydrogen-bond donors (Lipinski definition) is 0. The van der Waals surface area contributed by atoms with E-state index in [1.165, 1.54) is 16.7 Å². The number of hydrogen-bond acceptors (Lipinski definition) is 1. The smallest absolute Gasteiger partial charge is 0.119 e. The van der Waals surface area contributed by atoms with Crippen LogP contribution < -0.4 is 4.74 Å². The molecule has 106 valence electrons. The Balaban J connectivity index is 1.96. The first-order chi connectivity index (χ1) is 9.49. The van der Waals surface area contributed by atoms with E-state index in [-0.39, 0.29) is 5.41 Å². The van der Waals surface area contributed by atoms with Crippen LogP contribution >= 0.6 is 0 Å². The van der Waals surface area contributed by atoms with Crippen LogP contribution in [0.25, 0.3) is 0 Å². The lowest BCUT2D eigenvalue weighted by molar-refractivity contribution is 0.306. The quantitative estimate of drug-likeness (QED) is 0.747. The Labute approximate surface area is 122 Å². The predicted octanol–water partition coefficient (Wildman–Crippen LogP) is 5.13. The van der Waals surface area contributed by atoms with Crippen molar-refractivity contribution in [2.24, 2.45) is 0 Å². The molecule has 0 saturated heterocycles. The summed E-state index contributed by atoms with van der Waals surface area (Å²) in [5.74, 6) is 0.932. The Morgan fingerprint density at radius 3 is 1.85 bits per heavy atom. The maximum Gasteiger partial charge on any atom is 0.119 e. The van der Waals surface area contributed by atoms with Crippen LogP contribution in [0, 0.1) is 0 Å². The molecule has 2 aromatic rings. The highest BCUT2D eigenvalue weighted by Gasteiger charge is 2.12. The number of rotatable bonds is 4. The molecule has 2 aromatic carbocycles. The van der Waals surface area contributed by atoms with Crippen LogP contribution in [-0.4, -0.2) is 0 Å². The van der Waals surface area contributed by atoms with Gasteiger partial charge in [0.05, 0.1) is 0 Å². The molecule has 2 rings (SSSR count). The van der Waals surface area contributed by atoms with Gasteiger partial charge in [-0.1, -0.05) is 64.1 Å². The number of ether oxygens (including phenoxy) is 1. The van der Waals surface area contributed by atoms with Crippen molar-refractivity contribution in [2.45, 2.75) is 46.1 Å². The average Bonchev–Trinajstić information content (AvgIpc) is 2.45. The van der Waals surface area contributed by atoms with Crippen molar-refractivity contribution >= 4 is 0 Å². The molecule has 0 atom stereocenters. The molecule has 0 N–H and O–H groups in total. The van der Waals surface area contributed by atoms with E-state index in [2.05, 4.69) is 64.1 Å². The molecule has 0 aliphatic rings. The minimum absolute atomic E-state index is 0.204. The first-order valence-electron chi connectivity index (χ1n) is 7.30. The van der Waals surface area contributed by atoms with E-state index in [9.17, 15) is 0 Å². The second kappa shape index (κ2) is 6.13. The number of benzene rings is 2. The number of aryl methyl sites for hydroxylation is 1. The summed E-state index contributed by atoms with van der Waals surface area (Å²) in [5, 5.41) is 0. The summed E-state index contributed by atoms with van der Waals surface area (Å²) in [6.07, 6.45) is 1.06. The van der Waals surface area contributed by atoms with Crippen molar-refractivity contribution in [2.75, 3.05) is 0 Å². The minimum atomic E-state index is 0.204. The zero-order chi connectivity index (χ0) is 14.6. The van der Waals surface area contributed by atoms with E-state index in [4.69, 9.17) is 4.74 Å². The fraction of sp³-hybridized carbons (Fsp3) is 0.368. The van der Waals surface area contributed by atoms with E-state index >= 15 is 0 Å². The summed E-state index contributed by atoms with van der Waals surface area (Å²) in [7, 11) is 0. The van der Waals surface area contributed by atoms with E-state index in [1.807, 2.05) is 12.1 Å². The summed E-state index contributed by atoms with van der Waals surface area (Å²) in [4.78, 5) is 0. The van der Waals surface area contributed by atoms with Crippen LogP contribution in [0.1, 0.15) is 44.4 Å². The van der Waals surface area contributed by atoms with Crippen molar-refractivity contribution in [3.63, 3.8) is 0 Å². The molecule has 20 heavy (non-hydrogen) atoms. The monoisotopic (exact) mass is 268 g/mol. The molecular formula is C19H24O. The predicted molar refractivity (Wildman–Crippen MR) is 85.3 cm³/mol. The van der Waals surface area contributed by atoms with Crippen LogP contribution in [0.15, 0.2) is 48.5 Å². The summed E-state index contributed by atoms with van der Waals surface area (Å²) < 4.78 is 5.82. The fourth-order valence-corrected chi connectivity index (χ4v) is 2.09. The zero-order valence-corrected chi connectivity index (χ0v) is 12.9. The average molecular weight is 268 g/mol. The molecule has 0 aliphatic heterocycles. The molecule has 0 saturated carbocycles. The third kappa shape index (κ3) is 3.86. The lowest BCUT2D eigenvalue weighted by Gasteiger charge is -2.19. The zero-order valence-electron chi connectivity index (χ0n) is 12.9. The summed E-state index contributed by atoms with van der Waals surface area (Å²) in [6.45, 7) is 9.47. The molecule has 0 bridgehead atoms.